The second-order valence-electron chi connectivity index (χ2n) is 5.99. The van der Waals surface area contributed by atoms with Crippen molar-refractivity contribution in [1.82, 2.24) is 0 Å². The molecule has 0 saturated heterocycles. The maximum absolute atomic E-state index is 13.0. The van der Waals surface area contributed by atoms with Crippen LogP contribution in [-0.2, 0) is 0 Å². The summed E-state index contributed by atoms with van der Waals surface area (Å²) in [5.41, 5.74) is 1.80. The fraction of sp³-hybridized carbons (Fsp3) is 0. The molecule has 0 atom stereocenters. The van der Waals surface area contributed by atoms with Gasteiger partial charge in [0.1, 0.15) is 0 Å². The molecule has 3 aromatic rings. The number of anilines is 1. The molecule has 0 aromatic heterocycles. The Balaban J connectivity index is 1.82. The number of amides is 1. The van der Waals surface area contributed by atoms with Crippen molar-refractivity contribution >= 4 is 50.7 Å². The van der Waals surface area contributed by atoms with E-state index in [1.807, 2.05) is 0 Å². The van der Waals surface area contributed by atoms with Crippen LogP contribution in [0.5, 0.6) is 0 Å². The number of hydrogen-bond donors (Lipinski definition) is 1. The Hall–Kier alpha value is -2.76. The minimum atomic E-state index is -0.367. The number of benzene rings is 3. The lowest BCUT2D eigenvalue weighted by Gasteiger charge is -2.21. The SMILES string of the molecule is O=C(Nc1c(Cl)cc2c(c1Br)C(=O)c1ccccc1C2=O)c1ccccc1. The van der Waals surface area contributed by atoms with E-state index in [4.69, 9.17) is 11.6 Å². The fourth-order valence-corrected chi connectivity index (χ4v) is 4.14. The van der Waals surface area contributed by atoms with Crippen LogP contribution in [0.1, 0.15) is 42.2 Å². The van der Waals surface area contributed by atoms with E-state index in [1.165, 1.54) is 6.07 Å². The molecule has 0 aliphatic heterocycles. The first-order chi connectivity index (χ1) is 13.0. The van der Waals surface area contributed by atoms with E-state index in [-0.39, 0.29) is 39.3 Å². The molecule has 3 aromatic carbocycles. The van der Waals surface area contributed by atoms with Gasteiger partial charge in [0.25, 0.3) is 5.91 Å². The zero-order valence-corrected chi connectivity index (χ0v) is 16.1. The molecule has 6 heteroatoms. The molecule has 4 rings (SSSR count). The van der Waals surface area contributed by atoms with Gasteiger partial charge >= 0.3 is 0 Å². The van der Waals surface area contributed by atoms with Crippen LogP contribution in [0.25, 0.3) is 0 Å². The molecule has 0 radical (unpaired) electrons. The van der Waals surface area contributed by atoms with Crippen molar-refractivity contribution in [2.45, 2.75) is 0 Å². The molecular weight excluding hydrogens is 430 g/mol. The van der Waals surface area contributed by atoms with Crippen LogP contribution in [0.4, 0.5) is 5.69 Å². The maximum Gasteiger partial charge on any atom is 0.255 e. The predicted molar refractivity (Wildman–Crippen MR) is 107 cm³/mol. The number of carbonyl (C=O) groups excluding carboxylic acids is 3. The van der Waals surface area contributed by atoms with Crippen LogP contribution in [0, 0.1) is 0 Å². The van der Waals surface area contributed by atoms with Gasteiger partial charge in [-0.3, -0.25) is 14.4 Å². The van der Waals surface area contributed by atoms with Crippen molar-refractivity contribution in [1.29, 1.82) is 0 Å². The van der Waals surface area contributed by atoms with E-state index < -0.39 is 0 Å². The number of carbonyl (C=O) groups is 3. The summed E-state index contributed by atoms with van der Waals surface area (Å²) in [5, 5.41) is 2.89. The number of fused-ring (bicyclic) bond motifs is 2. The lowest BCUT2D eigenvalue weighted by atomic mass is 9.84. The first-order valence-corrected chi connectivity index (χ1v) is 9.23. The summed E-state index contributed by atoms with van der Waals surface area (Å²) in [6, 6.07) is 16.7. The average molecular weight is 441 g/mol. The highest BCUT2D eigenvalue weighted by Gasteiger charge is 2.33. The average Bonchev–Trinajstić information content (AvgIpc) is 2.69. The van der Waals surface area contributed by atoms with Gasteiger partial charge in [-0.1, -0.05) is 54.1 Å². The summed E-state index contributed by atoms with van der Waals surface area (Å²) in [5.74, 6) is -0.934. The van der Waals surface area contributed by atoms with Crippen molar-refractivity contribution < 1.29 is 14.4 Å². The Morgan fingerprint density at radius 3 is 2.11 bits per heavy atom. The third-order valence-electron chi connectivity index (χ3n) is 4.38. The normalized spacial score (nSPS) is 12.4. The lowest BCUT2D eigenvalue weighted by Crippen LogP contribution is -2.22. The van der Waals surface area contributed by atoms with Gasteiger partial charge in [-0.2, -0.15) is 0 Å². The smallest absolute Gasteiger partial charge is 0.255 e. The standard InChI is InChI=1S/C21H11BrClNO3/c22-17-16-14(19(25)12-8-4-5-9-13(12)20(16)26)10-15(23)18(17)24-21(27)11-6-2-1-3-7-11/h1-10H,(H,24,27). The second kappa shape index (κ2) is 6.76. The molecule has 0 unspecified atom stereocenters. The number of ketones is 2. The summed E-state index contributed by atoms with van der Waals surface area (Å²) >= 11 is 9.70. The van der Waals surface area contributed by atoms with Gasteiger partial charge in [-0.25, -0.2) is 0 Å². The van der Waals surface area contributed by atoms with Crippen molar-refractivity contribution in [3.63, 3.8) is 0 Å². The van der Waals surface area contributed by atoms with E-state index in [0.717, 1.165) is 0 Å². The third-order valence-corrected chi connectivity index (χ3v) is 5.47. The van der Waals surface area contributed by atoms with Crippen molar-refractivity contribution in [2.24, 2.45) is 0 Å². The van der Waals surface area contributed by atoms with Gasteiger partial charge in [-0.15, -0.1) is 0 Å². The van der Waals surface area contributed by atoms with Crippen LogP contribution in [0.2, 0.25) is 5.02 Å². The van der Waals surface area contributed by atoms with Gasteiger partial charge in [0.15, 0.2) is 11.6 Å². The molecule has 1 aliphatic rings. The number of rotatable bonds is 2. The first-order valence-electron chi connectivity index (χ1n) is 8.06. The topological polar surface area (TPSA) is 63.2 Å². The summed E-state index contributed by atoms with van der Waals surface area (Å²) in [6.07, 6.45) is 0. The van der Waals surface area contributed by atoms with Gasteiger partial charge in [0, 0.05) is 22.3 Å². The zero-order chi connectivity index (χ0) is 19.1. The highest BCUT2D eigenvalue weighted by atomic mass is 79.9. The molecule has 0 spiro atoms. The minimum absolute atomic E-state index is 0.172. The van der Waals surface area contributed by atoms with Crippen LogP contribution in [0.15, 0.2) is 65.1 Å². The summed E-state index contributed by atoms with van der Waals surface area (Å²) < 4.78 is 0.294. The number of hydrogen-bond acceptors (Lipinski definition) is 3. The van der Waals surface area contributed by atoms with Gasteiger partial charge in [-0.05, 0) is 34.1 Å². The van der Waals surface area contributed by atoms with Gasteiger partial charge in [0.2, 0.25) is 0 Å². The Morgan fingerprint density at radius 1 is 0.852 bits per heavy atom. The van der Waals surface area contributed by atoms with E-state index in [2.05, 4.69) is 21.2 Å². The van der Waals surface area contributed by atoms with Crippen LogP contribution >= 0.6 is 27.5 Å². The van der Waals surface area contributed by atoms with Crippen LogP contribution in [-0.4, -0.2) is 17.5 Å². The molecule has 0 heterocycles. The molecule has 0 bridgehead atoms. The Bertz CT molecular complexity index is 1130. The Morgan fingerprint density at radius 2 is 1.44 bits per heavy atom. The summed E-state index contributed by atoms with van der Waals surface area (Å²) in [4.78, 5) is 38.2. The largest absolute Gasteiger partial charge is 0.320 e. The van der Waals surface area contributed by atoms with E-state index in [9.17, 15) is 14.4 Å². The monoisotopic (exact) mass is 439 g/mol. The van der Waals surface area contributed by atoms with Gasteiger partial charge in [0.05, 0.1) is 20.7 Å². The molecule has 1 amide bonds. The highest BCUT2D eigenvalue weighted by Crippen LogP contribution is 2.40. The molecule has 0 saturated carbocycles. The molecule has 0 fully saturated rings. The zero-order valence-electron chi connectivity index (χ0n) is 13.8. The van der Waals surface area contributed by atoms with Crippen molar-refractivity contribution in [3.05, 3.63) is 98.0 Å². The fourth-order valence-electron chi connectivity index (χ4n) is 3.07. The van der Waals surface area contributed by atoms with E-state index in [0.29, 0.717) is 21.2 Å². The predicted octanol–water partition coefficient (Wildman–Crippen LogP) is 5.13. The Kier molecular flexibility index (Phi) is 4.42. The maximum atomic E-state index is 13.0. The van der Waals surface area contributed by atoms with E-state index >= 15 is 0 Å². The number of halogens is 2. The first kappa shape index (κ1) is 17.6. The second-order valence-corrected chi connectivity index (χ2v) is 7.19. The van der Waals surface area contributed by atoms with Crippen LogP contribution < -0.4 is 5.32 Å². The molecule has 4 nitrogen and oxygen atoms in total. The molecule has 1 N–H and O–H groups in total. The number of nitrogens with one attached hydrogen (secondary N) is 1. The quantitative estimate of drug-likeness (QED) is 0.470. The Labute approximate surface area is 168 Å². The van der Waals surface area contributed by atoms with Crippen LogP contribution in [0.3, 0.4) is 0 Å². The van der Waals surface area contributed by atoms with Crippen molar-refractivity contribution in [2.75, 3.05) is 5.32 Å². The molecular formula is C21H11BrClNO3. The van der Waals surface area contributed by atoms with Crippen molar-refractivity contribution in [3.8, 4) is 0 Å². The highest BCUT2D eigenvalue weighted by molar-refractivity contribution is 9.10. The summed E-state index contributed by atoms with van der Waals surface area (Å²) in [6.45, 7) is 0. The summed E-state index contributed by atoms with van der Waals surface area (Å²) in [7, 11) is 0. The van der Waals surface area contributed by atoms with Gasteiger partial charge < -0.3 is 5.32 Å². The molecule has 1 aliphatic carbocycles. The van der Waals surface area contributed by atoms with E-state index in [1.54, 1.807) is 54.6 Å². The molecule has 27 heavy (non-hydrogen) atoms. The minimum Gasteiger partial charge on any atom is -0.320 e. The molecule has 132 valence electrons. The lowest BCUT2D eigenvalue weighted by molar-refractivity contribution is 0.0978. The third kappa shape index (κ3) is 2.89.